The van der Waals surface area contributed by atoms with Gasteiger partial charge in [-0.2, -0.15) is 0 Å². The van der Waals surface area contributed by atoms with Gasteiger partial charge in [-0.25, -0.2) is 4.79 Å². The summed E-state index contributed by atoms with van der Waals surface area (Å²) in [6.07, 6.45) is 5.87. The minimum Gasteiger partial charge on any atom is -0.481 e. The summed E-state index contributed by atoms with van der Waals surface area (Å²) in [5.74, 6) is 1.32. The highest BCUT2D eigenvalue weighted by molar-refractivity contribution is 5.74. The molecule has 0 aromatic heterocycles. The Morgan fingerprint density at radius 3 is 2.59 bits per heavy atom. The number of aliphatic carboxylic acids is 1. The molecule has 1 atom stereocenters. The number of hydrogen-bond donors (Lipinski definition) is 4. The predicted molar refractivity (Wildman–Crippen MR) is 62.3 cm³/mol. The quantitative estimate of drug-likeness (QED) is 0.371. The van der Waals surface area contributed by atoms with Gasteiger partial charge in [0.05, 0.1) is 12.0 Å². The van der Waals surface area contributed by atoms with E-state index >= 15 is 0 Å². The summed E-state index contributed by atoms with van der Waals surface area (Å²) in [5.41, 5.74) is -1.46. The third-order valence-corrected chi connectivity index (χ3v) is 1.95. The van der Waals surface area contributed by atoms with E-state index in [0.29, 0.717) is 19.4 Å². The molecule has 0 aliphatic rings. The molecule has 0 heterocycles. The number of unbranched alkanes of at least 4 members (excludes halogenated alkanes) is 1. The lowest BCUT2D eigenvalue weighted by Crippen LogP contribution is -2.45. The second-order valence-corrected chi connectivity index (χ2v) is 3.98. The number of carboxylic acids is 1. The van der Waals surface area contributed by atoms with Crippen molar-refractivity contribution in [2.45, 2.75) is 31.8 Å². The number of aliphatic hydroxyl groups is 1. The fourth-order valence-corrected chi connectivity index (χ4v) is 1.11. The number of hydrogen-bond acceptors (Lipinski definition) is 3. The van der Waals surface area contributed by atoms with E-state index < -0.39 is 24.0 Å². The molecule has 96 valence electrons. The van der Waals surface area contributed by atoms with Gasteiger partial charge in [0.25, 0.3) is 0 Å². The average molecular weight is 242 g/mol. The molecule has 0 aromatic carbocycles. The lowest BCUT2D eigenvalue weighted by Gasteiger charge is -2.21. The molecule has 4 N–H and O–H groups in total. The standard InChI is InChI=1S/C11H18N2O4/c1-3-4-5-6-12-10(16)13-8-11(2,17)7-9(14)15/h1,17H,4-8H2,2H3,(H,14,15)(H2,12,13,16). The van der Waals surface area contributed by atoms with Crippen molar-refractivity contribution in [2.75, 3.05) is 13.1 Å². The molecule has 2 amide bonds. The Balaban J connectivity index is 3.76. The van der Waals surface area contributed by atoms with Gasteiger partial charge in [-0.05, 0) is 13.3 Å². The maximum atomic E-state index is 11.2. The molecule has 0 saturated heterocycles. The monoisotopic (exact) mass is 242 g/mol. The van der Waals surface area contributed by atoms with Crippen LogP contribution in [0.15, 0.2) is 0 Å². The molecule has 0 radical (unpaired) electrons. The molecule has 6 nitrogen and oxygen atoms in total. The molecule has 0 aromatic rings. The highest BCUT2D eigenvalue weighted by Crippen LogP contribution is 2.06. The summed E-state index contributed by atoms with van der Waals surface area (Å²) < 4.78 is 0. The highest BCUT2D eigenvalue weighted by Gasteiger charge is 2.24. The number of urea groups is 1. The van der Waals surface area contributed by atoms with Crippen molar-refractivity contribution in [3.8, 4) is 12.3 Å². The number of amides is 2. The van der Waals surface area contributed by atoms with Crippen LogP contribution in [-0.2, 0) is 4.79 Å². The van der Waals surface area contributed by atoms with E-state index in [0.717, 1.165) is 0 Å². The van der Waals surface area contributed by atoms with Crippen LogP contribution < -0.4 is 10.6 Å². The fraction of sp³-hybridized carbons (Fsp3) is 0.636. The van der Waals surface area contributed by atoms with Crippen LogP contribution in [-0.4, -0.2) is 40.9 Å². The average Bonchev–Trinajstić information content (AvgIpc) is 2.20. The third-order valence-electron chi connectivity index (χ3n) is 1.95. The SMILES string of the molecule is C#CCCCNC(=O)NCC(C)(O)CC(=O)O. The zero-order valence-electron chi connectivity index (χ0n) is 9.82. The Labute approximate surface area is 100 Å². The molecular weight excluding hydrogens is 224 g/mol. The van der Waals surface area contributed by atoms with Crippen LogP contribution in [0.5, 0.6) is 0 Å². The van der Waals surface area contributed by atoms with Crippen molar-refractivity contribution < 1.29 is 19.8 Å². The van der Waals surface area contributed by atoms with Crippen molar-refractivity contribution in [1.29, 1.82) is 0 Å². The molecule has 0 spiro atoms. The molecule has 0 rings (SSSR count). The Bertz CT molecular complexity index is 307. The van der Waals surface area contributed by atoms with Gasteiger partial charge in [0.1, 0.15) is 0 Å². The van der Waals surface area contributed by atoms with E-state index in [1.807, 2.05) is 0 Å². The van der Waals surface area contributed by atoms with Crippen molar-refractivity contribution in [1.82, 2.24) is 10.6 Å². The summed E-state index contributed by atoms with van der Waals surface area (Å²) in [5, 5.41) is 23.0. The summed E-state index contributed by atoms with van der Waals surface area (Å²) in [7, 11) is 0. The van der Waals surface area contributed by atoms with Crippen LogP contribution in [0, 0.1) is 12.3 Å². The highest BCUT2D eigenvalue weighted by atomic mass is 16.4. The zero-order valence-corrected chi connectivity index (χ0v) is 9.82. The van der Waals surface area contributed by atoms with Gasteiger partial charge in [-0.3, -0.25) is 4.79 Å². The van der Waals surface area contributed by atoms with Crippen LogP contribution in [0.1, 0.15) is 26.2 Å². The first-order valence-corrected chi connectivity index (χ1v) is 5.27. The van der Waals surface area contributed by atoms with Crippen molar-refractivity contribution in [3.05, 3.63) is 0 Å². The van der Waals surface area contributed by atoms with Crippen LogP contribution in [0.4, 0.5) is 4.79 Å². The van der Waals surface area contributed by atoms with Gasteiger partial charge in [-0.1, -0.05) is 0 Å². The molecule has 0 fully saturated rings. The number of nitrogens with one attached hydrogen (secondary N) is 2. The molecule has 0 aliphatic heterocycles. The van der Waals surface area contributed by atoms with Gasteiger partial charge in [0.2, 0.25) is 0 Å². The number of rotatable bonds is 7. The van der Waals surface area contributed by atoms with Crippen LogP contribution in [0.25, 0.3) is 0 Å². The van der Waals surface area contributed by atoms with E-state index in [1.54, 1.807) is 0 Å². The van der Waals surface area contributed by atoms with E-state index in [2.05, 4.69) is 16.6 Å². The van der Waals surface area contributed by atoms with Gasteiger partial charge in [0, 0.05) is 19.5 Å². The van der Waals surface area contributed by atoms with E-state index in [4.69, 9.17) is 11.5 Å². The first-order valence-electron chi connectivity index (χ1n) is 5.27. The smallest absolute Gasteiger partial charge is 0.314 e. The fourth-order valence-electron chi connectivity index (χ4n) is 1.11. The Morgan fingerprint density at radius 2 is 2.06 bits per heavy atom. The normalized spacial score (nSPS) is 13.2. The third kappa shape index (κ3) is 9.20. The molecule has 0 saturated carbocycles. The molecule has 17 heavy (non-hydrogen) atoms. The van der Waals surface area contributed by atoms with Crippen LogP contribution in [0.2, 0.25) is 0 Å². The van der Waals surface area contributed by atoms with E-state index in [9.17, 15) is 14.7 Å². The van der Waals surface area contributed by atoms with Crippen molar-refractivity contribution >= 4 is 12.0 Å². The van der Waals surface area contributed by atoms with Crippen LogP contribution >= 0.6 is 0 Å². The first-order chi connectivity index (χ1) is 7.87. The molecular formula is C11H18N2O4. The molecule has 0 bridgehead atoms. The topological polar surface area (TPSA) is 98.7 Å². The maximum Gasteiger partial charge on any atom is 0.314 e. The van der Waals surface area contributed by atoms with Crippen LogP contribution in [0.3, 0.4) is 0 Å². The summed E-state index contributed by atoms with van der Waals surface area (Å²) in [6.45, 7) is 1.66. The predicted octanol–water partition coefficient (Wildman–Crippen LogP) is -0.0753. The summed E-state index contributed by atoms with van der Waals surface area (Å²) in [4.78, 5) is 21.6. The molecule has 0 aliphatic carbocycles. The van der Waals surface area contributed by atoms with E-state index in [1.165, 1.54) is 6.92 Å². The van der Waals surface area contributed by atoms with E-state index in [-0.39, 0.29) is 6.54 Å². The number of carbonyl (C=O) groups excluding carboxylic acids is 1. The number of carboxylic acid groups (broad SMARTS) is 1. The van der Waals surface area contributed by atoms with Crippen molar-refractivity contribution in [3.63, 3.8) is 0 Å². The number of terminal acetylenes is 1. The summed E-state index contributed by atoms with van der Waals surface area (Å²) in [6, 6.07) is -0.451. The van der Waals surface area contributed by atoms with Gasteiger partial charge in [0.15, 0.2) is 0 Å². The van der Waals surface area contributed by atoms with Gasteiger partial charge >= 0.3 is 12.0 Å². The van der Waals surface area contributed by atoms with Crippen molar-refractivity contribution in [2.24, 2.45) is 0 Å². The Kier molecular flexibility index (Phi) is 6.75. The minimum absolute atomic E-state index is 0.125. The lowest BCUT2D eigenvalue weighted by molar-refractivity contribution is -0.141. The molecule has 6 heteroatoms. The van der Waals surface area contributed by atoms with Gasteiger partial charge < -0.3 is 20.8 Å². The largest absolute Gasteiger partial charge is 0.481 e. The first kappa shape index (κ1) is 15.3. The second-order valence-electron chi connectivity index (χ2n) is 3.98. The Hall–Kier alpha value is -1.74. The zero-order chi connectivity index (χ0) is 13.3. The number of carbonyl (C=O) groups is 2. The lowest BCUT2D eigenvalue weighted by atomic mass is 10.0. The second kappa shape index (κ2) is 7.52. The maximum absolute atomic E-state index is 11.2. The molecule has 1 unspecified atom stereocenters. The summed E-state index contributed by atoms with van der Waals surface area (Å²) >= 11 is 0. The minimum atomic E-state index is -1.46. The Morgan fingerprint density at radius 1 is 1.41 bits per heavy atom. The van der Waals surface area contributed by atoms with Gasteiger partial charge in [-0.15, -0.1) is 12.3 Å².